The number of nitrogens with zero attached hydrogens (tertiary/aromatic N) is 2. The van der Waals surface area contributed by atoms with E-state index in [9.17, 15) is 0 Å². The first-order valence-electron chi connectivity index (χ1n) is 4.26. The van der Waals surface area contributed by atoms with Crippen LogP contribution in [0, 0.1) is 0 Å². The van der Waals surface area contributed by atoms with Crippen LogP contribution in [0.25, 0.3) is 0 Å². The number of hydrogen-bond donors (Lipinski definition) is 1. The summed E-state index contributed by atoms with van der Waals surface area (Å²) in [6.45, 7) is 1.75. The molecule has 0 fully saturated rings. The van der Waals surface area contributed by atoms with Crippen molar-refractivity contribution in [2.24, 2.45) is 0 Å². The van der Waals surface area contributed by atoms with E-state index < -0.39 is 0 Å². The van der Waals surface area contributed by atoms with Gasteiger partial charge in [-0.25, -0.2) is 4.98 Å². The zero-order chi connectivity index (χ0) is 9.68. The molecule has 0 amide bonds. The number of aliphatic hydroxyl groups is 1. The van der Waals surface area contributed by atoms with Crippen molar-refractivity contribution in [2.45, 2.75) is 25.9 Å². The lowest BCUT2D eigenvalue weighted by molar-refractivity contribution is 0.184. The third-order valence-corrected chi connectivity index (χ3v) is 1.73. The van der Waals surface area contributed by atoms with Gasteiger partial charge >= 0.3 is 0 Å². The number of aliphatic hydroxyl groups excluding tert-OH is 1. The smallest absolute Gasteiger partial charge is 0.235 e. The number of rotatable bonds is 4. The third kappa shape index (κ3) is 2.99. The summed E-state index contributed by atoms with van der Waals surface area (Å²) >= 11 is 0. The summed E-state index contributed by atoms with van der Waals surface area (Å²) in [7, 11) is 1.57. The fraction of sp³-hybridized carbons (Fsp3) is 0.556. The Bertz CT molecular complexity index is 264. The molecule has 4 nitrogen and oxygen atoms in total. The number of methoxy groups -OCH3 is 1. The quantitative estimate of drug-likeness (QED) is 0.748. The summed E-state index contributed by atoms with van der Waals surface area (Å²) < 4.78 is 5.02. The highest BCUT2D eigenvalue weighted by molar-refractivity contribution is 5.17. The van der Waals surface area contributed by atoms with Crippen molar-refractivity contribution < 1.29 is 9.84 Å². The Labute approximate surface area is 77.6 Å². The molecule has 0 aliphatic rings. The molecule has 72 valence electrons. The van der Waals surface area contributed by atoms with Crippen LogP contribution in [0.4, 0.5) is 0 Å². The largest absolute Gasteiger partial charge is 0.480 e. The van der Waals surface area contributed by atoms with E-state index in [1.807, 2.05) is 0 Å². The molecule has 13 heavy (non-hydrogen) atoms. The summed E-state index contributed by atoms with van der Waals surface area (Å²) in [6.07, 6.45) is 4.26. The van der Waals surface area contributed by atoms with Gasteiger partial charge in [0.1, 0.15) is 5.69 Å². The van der Waals surface area contributed by atoms with Gasteiger partial charge in [-0.1, -0.05) is 0 Å². The summed E-state index contributed by atoms with van der Waals surface area (Å²) in [5, 5.41) is 9.09. The first-order valence-corrected chi connectivity index (χ1v) is 4.26. The molecule has 0 spiro atoms. The van der Waals surface area contributed by atoms with Crippen molar-refractivity contribution in [3.05, 3.63) is 18.1 Å². The summed E-state index contributed by atoms with van der Waals surface area (Å²) in [4.78, 5) is 8.13. The van der Waals surface area contributed by atoms with Gasteiger partial charge < -0.3 is 9.84 Å². The van der Waals surface area contributed by atoms with E-state index in [2.05, 4.69) is 9.97 Å². The van der Waals surface area contributed by atoms with Crippen molar-refractivity contribution >= 4 is 0 Å². The second-order valence-electron chi connectivity index (χ2n) is 2.90. The van der Waals surface area contributed by atoms with Crippen LogP contribution >= 0.6 is 0 Å². The normalized spacial score (nSPS) is 12.5. The van der Waals surface area contributed by atoms with Gasteiger partial charge in [-0.2, -0.15) is 0 Å². The molecule has 0 saturated heterocycles. The minimum Gasteiger partial charge on any atom is -0.480 e. The fourth-order valence-electron chi connectivity index (χ4n) is 1.04. The summed E-state index contributed by atoms with van der Waals surface area (Å²) in [5.41, 5.74) is 0.797. The average Bonchev–Trinajstić information content (AvgIpc) is 2.15. The van der Waals surface area contributed by atoms with E-state index in [-0.39, 0.29) is 6.10 Å². The molecular formula is C9H14N2O2. The van der Waals surface area contributed by atoms with Gasteiger partial charge in [-0.15, -0.1) is 0 Å². The monoisotopic (exact) mass is 182 g/mol. The van der Waals surface area contributed by atoms with Crippen molar-refractivity contribution in [2.75, 3.05) is 7.11 Å². The Balaban J connectivity index is 2.64. The maximum atomic E-state index is 9.09. The Hall–Kier alpha value is -1.16. The summed E-state index contributed by atoms with van der Waals surface area (Å²) in [5.74, 6) is 0.545. The molecule has 0 aromatic carbocycles. The predicted molar refractivity (Wildman–Crippen MR) is 48.6 cm³/mol. The molecule has 1 atom stereocenters. The molecule has 0 saturated carbocycles. The highest BCUT2D eigenvalue weighted by atomic mass is 16.5. The predicted octanol–water partition coefficient (Wildman–Crippen LogP) is 0.799. The van der Waals surface area contributed by atoms with Crippen LogP contribution in [0.5, 0.6) is 5.88 Å². The van der Waals surface area contributed by atoms with Crippen molar-refractivity contribution in [3.8, 4) is 5.88 Å². The fourth-order valence-corrected chi connectivity index (χ4v) is 1.04. The first kappa shape index (κ1) is 9.92. The first-order chi connectivity index (χ1) is 6.24. The third-order valence-electron chi connectivity index (χ3n) is 1.73. The lowest BCUT2D eigenvalue weighted by Gasteiger charge is -2.06. The molecule has 0 radical (unpaired) electrons. The molecule has 1 aromatic heterocycles. The number of aromatic nitrogens is 2. The number of aryl methyl sites for hydroxylation is 1. The van der Waals surface area contributed by atoms with Crippen LogP contribution in [-0.2, 0) is 6.42 Å². The molecule has 1 heterocycles. The van der Waals surface area contributed by atoms with E-state index in [4.69, 9.17) is 9.84 Å². The van der Waals surface area contributed by atoms with Gasteiger partial charge in [0, 0.05) is 12.4 Å². The lowest BCUT2D eigenvalue weighted by atomic mass is 10.2. The van der Waals surface area contributed by atoms with Gasteiger partial charge in [0.05, 0.1) is 13.2 Å². The van der Waals surface area contributed by atoms with E-state index in [0.717, 1.165) is 5.69 Å². The average molecular weight is 182 g/mol. The van der Waals surface area contributed by atoms with Gasteiger partial charge in [0.25, 0.3) is 0 Å². The zero-order valence-corrected chi connectivity index (χ0v) is 7.90. The van der Waals surface area contributed by atoms with Crippen molar-refractivity contribution in [1.82, 2.24) is 9.97 Å². The standard InChI is InChI=1S/C9H14N2O2/c1-7(12)3-4-8-9(13-2)11-6-5-10-8/h5-7,12H,3-4H2,1-2H3. The van der Waals surface area contributed by atoms with Crippen LogP contribution in [0.3, 0.4) is 0 Å². The molecule has 1 N–H and O–H groups in total. The SMILES string of the molecule is COc1nccnc1CCC(C)O. The Morgan fingerprint density at radius 2 is 2.15 bits per heavy atom. The van der Waals surface area contributed by atoms with E-state index >= 15 is 0 Å². The van der Waals surface area contributed by atoms with Gasteiger partial charge in [-0.3, -0.25) is 4.98 Å². The van der Waals surface area contributed by atoms with E-state index in [1.165, 1.54) is 0 Å². The molecule has 0 aliphatic carbocycles. The highest BCUT2D eigenvalue weighted by Crippen LogP contribution is 2.13. The molecule has 1 rings (SSSR count). The van der Waals surface area contributed by atoms with Crippen LogP contribution in [0.2, 0.25) is 0 Å². The van der Waals surface area contributed by atoms with Gasteiger partial charge in [-0.05, 0) is 19.8 Å². The molecular weight excluding hydrogens is 168 g/mol. The maximum absolute atomic E-state index is 9.09. The minimum atomic E-state index is -0.313. The topological polar surface area (TPSA) is 55.2 Å². The Morgan fingerprint density at radius 1 is 1.46 bits per heavy atom. The van der Waals surface area contributed by atoms with Crippen LogP contribution in [0.1, 0.15) is 19.0 Å². The van der Waals surface area contributed by atoms with Gasteiger partial charge in [0.2, 0.25) is 5.88 Å². The molecule has 0 aliphatic heterocycles. The van der Waals surface area contributed by atoms with E-state index in [1.54, 1.807) is 26.4 Å². The lowest BCUT2D eigenvalue weighted by Crippen LogP contribution is -2.04. The summed E-state index contributed by atoms with van der Waals surface area (Å²) in [6, 6.07) is 0. The second kappa shape index (κ2) is 4.77. The molecule has 1 unspecified atom stereocenters. The molecule has 4 heteroatoms. The zero-order valence-electron chi connectivity index (χ0n) is 7.90. The Kier molecular flexibility index (Phi) is 3.64. The van der Waals surface area contributed by atoms with Crippen molar-refractivity contribution in [1.29, 1.82) is 0 Å². The maximum Gasteiger partial charge on any atom is 0.235 e. The van der Waals surface area contributed by atoms with Crippen molar-refractivity contribution in [3.63, 3.8) is 0 Å². The minimum absolute atomic E-state index is 0.313. The van der Waals surface area contributed by atoms with E-state index in [0.29, 0.717) is 18.7 Å². The van der Waals surface area contributed by atoms with Gasteiger partial charge in [0.15, 0.2) is 0 Å². The molecule has 0 bridgehead atoms. The molecule has 1 aromatic rings. The number of ether oxygens (including phenoxy) is 1. The Morgan fingerprint density at radius 3 is 2.77 bits per heavy atom. The van der Waals surface area contributed by atoms with Crippen LogP contribution < -0.4 is 4.74 Å². The number of hydrogen-bond acceptors (Lipinski definition) is 4. The van der Waals surface area contributed by atoms with Crippen LogP contribution in [0.15, 0.2) is 12.4 Å². The second-order valence-corrected chi connectivity index (χ2v) is 2.90. The van der Waals surface area contributed by atoms with Crippen LogP contribution in [-0.4, -0.2) is 28.3 Å². The highest BCUT2D eigenvalue weighted by Gasteiger charge is 2.05.